The molecular weight excluding hydrogens is 692 g/mol. The van der Waals surface area contributed by atoms with Gasteiger partial charge in [0.05, 0.1) is 130 Å². The molecule has 51 heavy (non-hydrogen) atoms. The monoisotopic (exact) mass is 744 g/mol. The molecule has 2 aromatic rings. The van der Waals surface area contributed by atoms with E-state index in [1.165, 1.54) is 12.1 Å². The van der Waals surface area contributed by atoms with Crippen LogP contribution in [0.15, 0.2) is 59.5 Å². The van der Waals surface area contributed by atoms with Gasteiger partial charge in [-0.05, 0) is 19.1 Å². The molecule has 15 nitrogen and oxygen atoms in total. The predicted octanol–water partition coefficient (Wildman–Crippen LogP) is 2.28. The van der Waals surface area contributed by atoms with Crippen molar-refractivity contribution < 1.29 is 69.6 Å². The number of esters is 1. The molecule has 0 saturated carbocycles. The normalized spacial score (nSPS) is 11.5. The molecule has 0 amide bonds. The molecule has 0 unspecified atom stereocenters. The number of benzene rings is 2. The van der Waals surface area contributed by atoms with Gasteiger partial charge in [-0.1, -0.05) is 48.0 Å². The SMILES string of the molecule is Cc1ccc(S(=O)(=O)OCCOCCOCCOCCOCCOCCOCCOCCOCCOCCOC(=O)C(=O)c2ccccc2)cc1. The molecule has 0 atom stereocenters. The molecule has 0 aliphatic heterocycles. The summed E-state index contributed by atoms with van der Waals surface area (Å²) in [6.07, 6.45) is 0. The van der Waals surface area contributed by atoms with Gasteiger partial charge in [-0.15, -0.1) is 0 Å². The van der Waals surface area contributed by atoms with Gasteiger partial charge in [-0.25, -0.2) is 4.79 Å². The number of ether oxygens (including phenoxy) is 10. The van der Waals surface area contributed by atoms with E-state index in [0.29, 0.717) is 106 Å². The lowest BCUT2D eigenvalue weighted by Gasteiger charge is -2.09. The highest BCUT2D eigenvalue weighted by Crippen LogP contribution is 2.13. The molecule has 0 saturated heterocycles. The minimum Gasteiger partial charge on any atom is -0.457 e. The Hall–Kier alpha value is -2.87. The average molecular weight is 745 g/mol. The zero-order valence-electron chi connectivity index (χ0n) is 29.4. The van der Waals surface area contributed by atoms with Crippen molar-refractivity contribution in [3.05, 3.63) is 65.7 Å². The molecule has 16 heteroatoms. The third-order valence-corrected chi connectivity index (χ3v) is 7.76. The Labute approximate surface area is 300 Å². The first kappa shape index (κ1) is 44.3. The van der Waals surface area contributed by atoms with E-state index in [2.05, 4.69) is 0 Å². The number of carbonyl (C=O) groups excluding carboxylic acids is 2. The highest BCUT2D eigenvalue weighted by molar-refractivity contribution is 7.86. The van der Waals surface area contributed by atoms with Crippen molar-refractivity contribution in [2.24, 2.45) is 0 Å². The highest BCUT2D eigenvalue weighted by Gasteiger charge is 2.17. The van der Waals surface area contributed by atoms with Gasteiger partial charge < -0.3 is 47.4 Å². The van der Waals surface area contributed by atoms with Crippen LogP contribution in [-0.4, -0.2) is 152 Å². The fourth-order valence-electron chi connectivity index (χ4n) is 3.80. The number of rotatable bonds is 34. The van der Waals surface area contributed by atoms with Crippen LogP contribution in [-0.2, 0) is 66.5 Å². The first-order valence-corrected chi connectivity index (χ1v) is 18.2. The van der Waals surface area contributed by atoms with Crippen molar-refractivity contribution in [2.45, 2.75) is 11.8 Å². The van der Waals surface area contributed by atoms with Crippen molar-refractivity contribution in [2.75, 3.05) is 132 Å². The fraction of sp³-hybridized carbons (Fsp3) is 0.600. The molecule has 2 rings (SSSR count). The molecule has 288 valence electrons. The van der Waals surface area contributed by atoms with Crippen LogP contribution in [0.3, 0.4) is 0 Å². The van der Waals surface area contributed by atoms with E-state index < -0.39 is 21.9 Å². The Balaban J connectivity index is 1.19. The van der Waals surface area contributed by atoms with Gasteiger partial charge in [-0.3, -0.25) is 8.98 Å². The second kappa shape index (κ2) is 29.7. The summed E-state index contributed by atoms with van der Waals surface area (Å²) in [6, 6.07) is 14.7. The minimum atomic E-state index is -3.78. The van der Waals surface area contributed by atoms with Crippen LogP contribution in [0.25, 0.3) is 0 Å². The minimum absolute atomic E-state index is 0.0123. The van der Waals surface area contributed by atoms with E-state index in [0.717, 1.165) is 5.56 Å². The number of hydrogen-bond acceptors (Lipinski definition) is 15. The van der Waals surface area contributed by atoms with Gasteiger partial charge >= 0.3 is 5.97 Å². The molecular formula is C35H52O15S. The standard InChI is InChI=1S/C35H52O15S/c1-31-7-9-33(10-8-31)51(38,39)50-30-28-48-26-24-46-22-20-44-18-16-42-14-12-40-11-13-41-15-17-43-19-21-45-23-25-47-27-29-49-35(37)34(36)32-5-3-2-4-6-32/h2-10H,11-30H2,1H3. The topological polar surface area (TPSA) is 170 Å². The van der Waals surface area contributed by atoms with Crippen LogP contribution in [0.1, 0.15) is 15.9 Å². The summed E-state index contributed by atoms with van der Waals surface area (Å²) in [4.78, 5) is 23.7. The molecule has 0 N–H and O–H groups in total. The van der Waals surface area contributed by atoms with Gasteiger partial charge in [0, 0.05) is 5.56 Å². The van der Waals surface area contributed by atoms with Gasteiger partial charge in [0.2, 0.25) is 0 Å². The number of ketones is 1. The summed E-state index contributed by atoms with van der Waals surface area (Å²) >= 11 is 0. The quantitative estimate of drug-likeness (QED) is 0.0336. The Morgan fingerprint density at radius 3 is 1.16 bits per heavy atom. The summed E-state index contributed by atoms with van der Waals surface area (Å²) < 4.78 is 82.7. The van der Waals surface area contributed by atoms with E-state index in [1.54, 1.807) is 42.5 Å². The largest absolute Gasteiger partial charge is 0.457 e. The lowest BCUT2D eigenvalue weighted by Crippen LogP contribution is -2.20. The Morgan fingerprint density at radius 1 is 0.451 bits per heavy atom. The van der Waals surface area contributed by atoms with Crippen molar-refractivity contribution >= 4 is 21.9 Å². The summed E-state index contributed by atoms with van der Waals surface area (Å²) in [7, 11) is -3.78. The van der Waals surface area contributed by atoms with E-state index in [1.807, 2.05) is 6.92 Å². The third kappa shape index (κ3) is 23.3. The zero-order valence-corrected chi connectivity index (χ0v) is 30.2. The van der Waals surface area contributed by atoms with Gasteiger partial charge in [0.25, 0.3) is 15.9 Å². The molecule has 0 aliphatic rings. The molecule has 0 spiro atoms. The van der Waals surface area contributed by atoms with Crippen LogP contribution < -0.4 is 0 Å². The van der Waals surface area contributed by atoms with E-state index >= 15 is 0 Å². The van der Waals surface area contributed by atoms with Crippen LogP contribution in [0, 0.1) is 6.92 Å². The molecule has 0 heterocycles. The lowest BCUT2D eigenvalue weighted by atomic mass is 10.1. The second-order valence-electron chi connectivity index (χ2n) is 10.4. The maximum Gasteiger partial charge on any atom is 0.379 e. The number of Topliss-reactive ketones (excluding diaryl/α,β-unsaturated/α-hetero) is 1. The average Bonchev–Trinajstić information content (AvgIpc) is 3.14. The van der Waals surface area contributed by atoms with Crippen molar-refractivity contribution in [3.8, 4) is 0 Å². The first-order chi connectivity index (χ1) is 24.9. The van der Waals surface area contributed by atoms with Crippen LogP contribution in [0.5, 0.6) is 0 Å². The Kier molecular flexibility index (Phi) is 25.8. The maximum absolute atomic E-state index is 12.1. The second-order valence-corrected chi connectivity index (χ2v) is 12.0. The zero-order chi connectivity index (χ0) is 36.7. The Morgan fingerprint density at radius 2 is 0.784 bits per heavy atom. The lowest BCUT2D eigenvalue weighted by molar-refractivity contribution is -0.139. The summed E-state index contributed by atoms with van der Waals surface area (Å²) in [5, 5.41) is 0. The number of hydrogen-bond donors (Lipinski definition) is 0. The molecule has 0 fully saturated rings. The molecule has 0 aliphatic carbocycles. The van der Waals surface area contributed by atoms with E-state index in [9.17, 15) is 18.0 Å². The third-order valence-electron chi connectivity index (χ3n) is 6.43. The number of aryl methyl sites for hydroxylation is 1. The highest BCUT2D eigenvalue weighted by atomic mass is 32.2. The fourth-order valence-corrected chi connectivity index (χ4v) is 4.70. The number of carbonyl (C=O) groups is 2. The van der Waals surface area contributed by atoms with Crippen molar-refractivity contribution in [1.82, 2.24) is 0 Å². The maximum atomic E-state index is 12.1. The summed E-state index contributed by atoms with van der Waals surface area (Å²) in [6.45, 7) is 8.69. The molecule has 0 radical (unpaired) electrons. The van der Waals surface area contributed by atoms with Crippen molar-refractivity contribution in [1.29, 1.82) is 0 Å². The van der Waals surface area contributed by atoms with Gasteiger partial charge in [0.15, 0.2) is 0 Å². The van der Waals surface area contributed by atoms with E-state index in [4.69, 9.17) is 51.6 Å². The molecule has 2 aromatic carbocycles. The van der Waals surface area contributed by atoms with Gasteiger partial charge in [-0.2, -0.15) is 8.42 Å². The molecule has 0 aromatic heterocycles. The van der Waals surface area contributed by atoms with E-state index in [-0.39, 0.29) is 36.9 Å². The van der Waals surface area contributed by atoms with Crippen LogP contribution in [0.2, 0.25) is 0 Å². The Bertz CT molecular complexity index is 1260. The first-order valence-electron chi connectivity index (χ1n) is 16.8. The molecule has 0 bridgehead atoms. The summed E-state index contributed by atoms with van der Waals surface area (Å²) in [5.74, 6) is -1.59. The summed E-state index contributed by atoms with van der Waals surface area (Å²) in [5.41, 5.74) is 1.26. The van der Waals surface area contributed by atoms with Crippen LogP contribution in [0.4, 0.5) is 0 Å². The van der Waals surface area contributed by atoms with Crippen molar-refractivity contribution in [3.63, 3.8) is 0 Å². The van der Waals surface area contributed by atoms with Gasteiger partial charge in [0.1, 0.15) is 6.61 Å². The van der Waals surface area contributed by atoms with Crippen LogP contribution >= 0.6 is 0 Å². The smallest absolute Gasteiger partial charge is 0.379 e. The predicted molar refractivity (Wildman–Crippen MR) is 183 cm³/mol.